The van der Waals surface area contributed by atoms with Crippen molar-refractivity contribution < 1.29 is 13.9 Å². The summed E-state index contributed by atoms with van der Waals surface area (Å²) in [6.45, 7) is 2.34. The van der Waals surface area contributed by atoms with Gasteiger partial charge in [0.1, 0.15) is 18.2 Å². The Labute approximate surface area is 156 Å². The van der Waals surface area contributed by atoms with Gasteiger partial charge in [0, 0.05) is 11.6 Å². The van der Waals surface area contributed by atoms with Crippen molar-refractivity contribution in [2.24, 2.45) is 0 Å². The molecule has 1 amide bonds. The molecule has 0 bridgehead atoms. The molecule has 0 aliphatic heterocycles. The first-order chi connectivity index (χ1) is 12.7. The first kappa shape index (κ1) is 18.1. The molecule has 3 nitrogen and oxygen atoms in total. The second-order valence-corrected chi connectivity index (χ2v) is 6.82. The molecule has 0 saturated carbocycles. The van der Waals surface area contributed by atoms with Gasteiger partial charge < -0.3 is 10.1 Å². The number of hydrogen-bond acceptors (Lipinski definition) is 3. The zero-order valence-electron chi connectivity index (χ0n) is 14.4. The maximum Gasteiger partial charge on any atom is 0.261 e. The van der Waals surface area contributed by atoms with Crippen molar-refractivity contribution >= 4 is 17.2 Å². The second-order valence-electron chi connectivity index (χ2n) is 5.91. The van der Waals surface area contributed by atoms with Crippen molar-refractivity contribution in [3.63, 3.8) is 0 Å². The number of carbonyl (C=O) groups is 1. The van der Waals surface area contributed by atoms with E-state index >= 15 is 0 Å². The summed E-state index contributed by atoms with van der Waals surface area (Å²) < 4.78 is 18.7. The van der Waals surface area contributed by atoms with Crippen molar-refractivity contribution in [2.45, 2.75) is 26.0 Å². The van der Waals surface area contributed by atoms with Crippen LogP contribution < -0.4 is 10.1 Å². The fraction of sp³-hybridized carbons (Fsp3) is 0.190. The zero-order chi connectivity index (χ0) is 18.4. The molecule has 0 radical (unpaired) electrons. The molecule has 2 aromatic carbocycles. The first-order valence-corrected chi connectivity index (χ1v) is 9.35. The molecule has 5 heteroatoms. The van der Waals surface area contributed by atoms with E-state index in [1.807, 2.05) is 48.7 Å². The molecular formula is C21H20FNO2S. The lowest BCUT2D eigenvalue weighted by molar-refractivity contribution is 0.0939. The quantitative estimate of drug-likeness (QED) is 0.610. The summed E-state index contributed by atoms with van der Waals surface area (Å²) >= 11 is 1.38. The van der Waals surface area contributed by atoms with E-state index in [0.29, 0.717) is 17.2 Å². The lowest BCUT2D eigenvalue weighted by atomic mass is 10.0. The van der Waals surface area contributed by atoms with Gasteiger partial charge in [-0.25, -0.2) is 4.39 Å². The van der Waals surface area contributed by atoms with Crippen LogP contribution in [0.5, 0.6) is 5.75 Å². The van der Waals surface area contributed by atoms with Crippen LogP contribution in [0, 0.1) is 5.82 Å². The van der Waals surface area contributed by atoms with Crippen LogP contribution in [-0.2, 0) is 6.61 Å². The Bertz CT molecular complexity index is 863. The largest absolute Gasteiger partial charge is 0.489 e. The molecule has 3 rings (SSSR count). The summed E-state index contributed by atoms with van der Waals surface area (Å²) in [5.41, 5.74) is 1.98. The molecular weight excluding hydrogens is 349 g/mol. The number of benzene rings is 2. The Kier molecular flexibility index (Phi) is 6.02. The molecule has 1 atom stereocenters. The maximum absolute atomic E-state index is 13.2. The highest BCUT2D eigenvalue weighted by molar-refractivity contribution is 7.12. The Morgan fingerprint density at radius 2 is 1.96 bits per heavy atom. The lowest BCUT2D eigenvalue weighted by Crippen LogP contribution is -2.27. The Balaban J connectivity index is 1.60. The van der Waals surface area contributed by atoms with E-state index in [1.165, 1.54) is 23.5 Å². The van der Waals surface area contributed by atoms with Crippen molar-refractivity contribution in [2.75, 3.05) is 0 Å². The van der Waals surface area contributed by atoms with E-state index in [2.05, 4.69) is 5.32 Å². The van der Waals surface area contributed by atoms with Crippen molar-refractivity contribution in [1.29, 1.82) is 0 Å². The van der Waals surface area contributed by atoms with Crippen LogP contribution in [-0.4, -0.2) is 5.91 Å². The topological polar surface area (TPSA) is 38.3 Å². The molecule has 1 heterocycles. The van der Waals surface area contributed by atoms with Gasteiger partial charge in [0.05, 0.1) is 10.9 Å². The van der Waals surface area contributed by atoms with Gasteiger partial charge in [0.15, 0.2) is 0 Å². The van der Waals surface area contributed by atoms with Gasteiger partial charge in [-0.2, -0.15) is 0 Å². The molecule has 0 saturated heterocycles. The molecule has 1 aromatic heterocycles. The summed E-state index contributed by atoms with van der Waals surface area (Å²) in [5.74, 6) is 0.0411. The van der Waals surface area contributed by atoms with Crippen molar-refractivity contribution in [1.82, 2.24) is 5.32 Å². The van der Waals surface area contributed by atoms with Crippen LogP contribution in [0.3, 0.4) is 0 Å². The zero-order valence-corrected chi connectivity index (χ0v) is 15.3. The molecule has 0 aliphatic rings. The number of ether oxygens (including phenoxy) is 1. The van der Waals surface area contributed by atoms with Crippen LogP contribution in [0.25, 0.3) is 0 Å². The molecule has 26 heavy (non-hydrogen) atoms. The highest BCUT2D eigenvalue weighted by atomic mass is 32.1. The number of amides is 1. The highest BCUT2D eigenvalue weighted by Crippen LogP contribution is 2.21. The van der Waals surface area contributed by atoms with Gasteiger partial charge in [0.25, 0.3) is 5.91 Å². The molecule has 0 spiro atoms. The van der Waals surface area contributed by atoms with Crippen molar-refractivity contribution in [3.8, 4) is 5.75 Å². The van der Waals surface area contributed by atoms with Crippen LogP contribution in [0.1, 0.15) is 40.2 Å². The van der Waals surface area contributed by atoms with E-state index in [-0.39, 0.29) is 17.8 Å². The number of carbonyl (C=O) groups excluding carboxylic acids is 1. The molecule has 0 fully saturated rings. The van der Waals surface area contributed by atoms with E-state index in [9.17, 15) is 9.18 Å². The minimum absolute atomic E-state index is 0.0159. The Morgan fingerprint density at radius 3 is 2.69 bits per heavy atom. The molecule has 1 unspecified atom stereocenters. The predicted octanol–water partition coefficient (Wildman–Crippen LogP) is 5.35. The lowest BCUT2D eigenvalue weighted by Gasteiger charge is -2.16. The summed E-state index contributed by atoms with van der Waals surface area (Å²) in [6.07, 6.45) is 0.816. The second kappa shape index (κ2) is 8.63. The van der Waals surface area contributed by atoms with Crippen LogP contribution in [0.4, 0.5) is 4.39 Å². The predicted molar refractivity (Wildman–Crippen MR) is 102 cm³/mol. The van der Waals surface area contributed by atoms with Gasteiger partial charge in [-0.3, -0.25) is 4.79 Å². The average Bonchev–Trinajstić information content (AvgIpc) is 3.14. The normalized spacial score (nSPS) is 11.8. The van der Waals surface area contributed by atoms with Crippen LogP contribution in [0.15, 0.2) is 66.0 Å². The summed E-state index contributed by atoms with van der Waals surface area (Å²) in [5, 5.41) is 4.96. The number of hydrogen-bond donors (Lipinski definition) is 1. The van der Waals surface area contributed by atoms with Crippen molar-refractivity contribution in [3.05, 3.63) is 87.9 Å². The number of halogens is 1. The highest BCUT2D eigenvalue weighted by Gasteiger charge is 2.15. The number of rotatable bonds is 7. The summed E-state index contributed by atoms with van der Waals surface area (Å²) in [4.78, 5) is 13.2. The van der Waals surface area contributed by atoms with Gasteiger partial charge in [-0.15, -0.1) is 11.3 Å². The standard InChI is InChI=1S/C21H20FNO2S/c1-2-19(16-7-4-3-5-8-16)23-21(24)20-11-15(14-26-20)13-25-18-10-6-9-17(22)12-18/h3-12,14,19H,2,13H2,1H3,(H,23,24). The average molecular weight is 369 g/mol. The Morgan fingerprint density at radius 1 is 1.15 bits per heavy atom. The third-order valence-electron chi connectivity index (χ3n) is 3.99. The van der Waals surface area contributed by atoms with Crippen LogP contribution in [0.2, 0.25) is 0 Å². The number of thiophene rings is 1. The van der Waals surface area contributed by atoms with E-state index < -0.39 is 0 Å². The maximum atomic E-state index is 13.2. The first-order valence-electron chi connectivity index (χ1n) is 8.47. The third-order valence-corrected chi connectivity index (χ3v) is 4.97. The van der Waals surface area contributed by atoms with E-state index in [0.717, 1.165) is 17.5 Å². The number of nitrogens with one attached hydrogen (secondary N) is 1. The van der Waals surface area contributed by atoms with Gasteiger partial charge in [-0.1, -0.05) is 43.3 Å². The van der Waals surface area contributed by atoms with Gasteiger partial charge >= 0.3 is 0 Å². The fourth-order valence-electron chi connectivity index (χ4n) is 2.63. The monoisotopic (exact) mass is 369 g/mol. The molecule has 1 N–H and O–H groups in total. The van der Waals surface area contributed by atoms with Crippen LogP contribution >= 0.6 is 11.3 Å². The van der Waals surface area contributed by atoms with Gasteiger partial charge in [-0.05, 0) is 35.6 Å². The minimum Gasteiger partial charge on any atom is -0.489 e. The van der Waals surface area contributed by atoms with Gasteiger partial charge in [0.2, 0.25) is 0 Å². The smallest absolute Gasteiger partial charge is 0.261 e. The molecule has 3 aromatic rings. The van der Waals surface area contributed by atoms with E-state index in [4.69, 9.17) is 4.74 Å². The minimum atomic E-state index is -0.334. The van der Waals surface area contributed by atoms with E-state index in [1.54, 1.807) is 12.1 Å². The summed E-state index contributed by atoms with van der Waals surface area (Å²) in [6, 6.07) is 17.7. The Hall–Kier alpha value is -2.66. The third kappa shape index (κ3) is 4.70. The molecule has 0 aliphatic carbocycles. The SMILES string of the molecule is CCC(NC(=O)c1cc(COc2cccc(F)c2)cs1)c1ccccc1. The summed E-state index contributed by atoms with van der Waals surface area (Å²) in [7, 11) is 0. The fourth-order valence-corrected chi connectivity index (χ4v) is 3.43. The molecule has 134 valence electrons.